The Kier molecular flexibility index (Phi) is 5.85. The number of anilines is 1. The largest absolute Gasteiger partial charge is 0.372 e. The molecule has 0 saturated heterocycles. The fraction of sp³-hybridized carbons (Fsp3) is 0.562. The highest BCUT2D eigenvalue weighted by atomic mass is 15.1. The van der Waals surface area contributed by atoms with Gasteiger partial charge in [-0.1, -0.05) is 17.7 Å². The van der Waals surface area contributed by atoms with Gasteiger partial charge in [-0.15, -0.1) is 0 Å². The van der Waals surface area contributed by atoms with Crippen LogP contribution in [0.5, 0.6) is 0 Å². The second-order valence-corrected chi connectivity index (χ2v) is 5.21. The van der Waals surface area contributed by atoms with E-state index in [4.69, 9.17) is 5.26 Å². The van der Waals surface area contributed by atoms with Crippen LogP contribution in [-0.2, 0) is 0 Å². The Labute approximate surface area is 117 Å². The van der Waals surface area contributed by atoms with Crippen LogP contribution in [0.25, 0.3) is 0 Å². The number of benzene rings is 1. The van der Waals surface area contributed by atoms with E-state index in [1.54, 1.807) is 0 Å². The molecule has 1 N–H and O–H groups in total. The van der Waals surface area contributed by atoms with Gasteiger partial charge in [-0.25, -0.2) is 0 Å². The zero-order valence-corrected chi connectivity index (χ0v) is 12.5. The van der Waals surface area contributed by atoms with Crippen LogP contribution in [-0.4, -0.2) is 25.7 Å². The molecule has 1 aromatic carbocycles. The Morgan fingerprint density at radius 1 is 1.32 bits per heavy atom. The van der Waals surface area contributed by atoms with Crippen molar-refractivity contribution >= 4 is 5.69 Å². The number of hydrogen-bond acceptors (Lipinski definition) is 3. The van der Waals surface area contributed by atoms with E-state index in [-0.39, 0.29) is 0 Å². The van der Waals surface area contributed by atoms with Crippen molar-refractivity contribution in [2.75, 3.05) is 25.0 Å². The van der Waals surface area contributed by atoms with Gasteiger partial charge in [-0.3, -0.25) is 0 Å². The van der Waals surface area contributed by atoms with Gasteiger partial charge in [0, 0.05) is 18.8 Å². The van der Waals surface area contributed by atoms with Crippen LogP contribution in [0.3, 0.4) is 0 Å². The summed E-state index contributed by atoms with van der Waals surface area (Å²) in [6, 6.07) is 11.0. The number of nitrogens with one attached hydrogen (secondary N) is 1. The van der Waals surface area contributed by atoms with Crippen LogP contribution in [0.15, 0.2) is 24.3 Å². The van der Waals surface area contributed by atoms with Crippen molar-refractivity contribution in [3.63, 3.8) is 0 Å². The van der Waals surface area contributed by atoms with Crippen molar-refractivity contribution in [3.05, 3.63) is 29.8 Å². The Morgan fingerprint density at radius 3 is 2.42 bits per heavy atom. The highest BCUT2D eigenvalue weighted by molar-refractivity contribution is 5.47. The summed E-state index contributed by atoms with van der Waals surface area (Å²) in [7, 11) is 1.85. The number of hydrogen-bond donors (Lipinski definition) is 1. The minimum Gasteiger partial charge on any atom is -0.372 e. The molecule has 0 bridgehead atoms. The molecule has 0 radical (unpaired) electrons. The average Bonchev–Trinajstić information content (AvgIpc) is 2.44. The second-order valence-electron chi connectivity index (χ2n) is 5.21. The maximum Gasteiger partial charge on any atom is 0.103 e. The normalized spacial score (nSPS) is 13.6. The number of nitrogens with zero attached hydrogens (tertiary/aromatic N) is 2. The molecule has 19 heavy (non-hydrogen) atoms. The lowest BCUT2D eigenvalue weighted by Gasteiger charge is -2.26. The van der Waals surface area contributed by atoms with Crippen molar-refractivity contribution in [2.24, 2.45) is 0 Å². The molecule has 104 valence electrons. The van der Waals surface area contributed by atoms with E-state index in [1.807, 2.05) is 14.0 Å². The summed E-state index contributed by atoms with van der Waals surface area (Å²) in [4.78, 5) is 2.35. The summed E-state index contributed by atoms with van der Waals surface area (Å²) in [5, 5.41) is 12.2. The number of nitriles is 1. The molecule has 0 saturated carbocycles. The van der Waals surface area contributed by atoms with Crippen molar-refractivity contribution < 1.29 is 0 Å². The minimum atomic E-state index is -0.410. The molecule has 3 heteroatoms. The fourth-order valence-electron chi connectivity index (χ4n) is 2.09. The maximum absolute atomic E-state index is 9.13. The molecule has 1 atom stereocenters. The van der Waals surface area contributed by atoms with Gasteiger partial charge >= 0.3 is 0 Å². The first-order valence-corrected chi connectivity index (χ1v) is 6.96. The lowest BCUT2D eigenvalue weighted by atomic mass is 9.98. The molecule has 0 aliphatic rings. The molecule has 0 heterocycles. The Bertz CT molecular complexity index is 419. The molecule has 0 fully saturated rings. The lowest BCUT2D eigenvalue weighted by Crippen LogP contribution is -2.39. The summed E-state index contributed by atoms with van der Waals surface area (Å²) in [6.45, 7) is 8.20. The van der Waals surface area contributed by atoms with Gasteiger partial charge in [0.25, 0.3) is 0 Å². The molecule has 0 aliphatic heterocycles. The molecule has 0 amide bonds. The van der Waals surface area contributed by atoms with Crippen molar-refractivity contribution in [1.82, 2.24) is 5.32 Å². The van der Waals surface area contributed by atoms with Gasteiger partial charge in [0.05, 0.1) is 6.07 Å². The van der Waals surface area contributed by atoms with Gasteiger partial charge in [-0.05, 0) is 52.8 Å². The third-order valence-electron chi connectivity index (χ3n) is 3.68. The fourth-order valence-corrected chi connectivity index (χ4v) is 2.09. The van der Waals surface area contributed by atoms with Gasteiger partial charge in [0.2, 0.25) is 0 Å². The number of aryl methyl sites for hydroxylation is 1. The third kappa shape index (κ3) is 4.57. The molecule has 0 aromatic heterocycles. The van der Waals surface area contributed by atoms with Crippen molar-refractivity contribution in [1.29, 1.82) is 5.26 Å². The monoisotopic (exact) mass is 259 g/mol. The van der Waals surface area contributed by atoms with E-state index in [2.05, 4.69) is 54.4 Å². The van der Waals surface area contributed by atoms with Gasteiger partial charge in [0.1, 0.15) is 5.54 Å². The second kappa shape index (κ2) is 7.16. The van der Waals surface area contributed by atoms with Crippen LogP contribution in [0.4, 0.5) is 5.69 Å². The van der Waals surface area contributed by atoms with Crippen LogP contribution in [0.1, 0.15) is 32.3 Å². The third-order valence-corrected chi connectivity index (χ3v) is 3.68. The predicted octanol–water partition coefficient (Wildman–Crippen LogP) is 3.10. The predicted molar refractivity (Wildman–Crippen MR) is 81.4 cm³/mol. The molecule has 0 spiro atoms. The minimum absolute atomic E-state index is 0.410. The molecule has 1 unspecified atom stereocenters. The molecule has 1 rings (SSSR count). The smallest absolute Gasteiger partial charge is 0.103 e. The molecule has 3 nitrogen and oxygen atoms in total. The zero-order valence-electron chi connectivity index (χ0n) is 12.5. The summed E-state index contributed by atoms with van der Waals surface area (Å²) in [5.41, 5.74) is 2.13. The van der Waals surface area contributed by atoms with Crippen LogP contribution in [0, 0.1) is 18.3 Å². The van der Waals surface area contributed by atoms with Gasteiger partial charge < -0.3 is 10.2 Å². The first kappa shape index (κ1) is 15.5. The van der Waals surface area contributed by atoms with Crippen LogP contribution < -0.4 is 10.2 Å². The SMILES string of the molecule is CCN(CCCC(C)(C#N)NC)c1ccc(C)cc1. The standard InChI is InChI=1S/C16H25N3/c1-5-19(15-9-7-14(2)8-10-15)12-6-11-16(3,13-17)18-4/h7-10,18H,5-6,11-12H2,1-4H3. The first-order valence-electron chi connectivity index (χ1n) is 6.96. The average molecular weight is 259 g/mol. The van der Waals surface area contributed by atoms with E-state index in [0.717, 1.165) is 25.9 Å². The van der Waals surface area contributed by atoms with Crippen LogP contribution in [0.2, 0.25) is 0 Å². The topological polar surface area (TPSA) is 39.1 Å². The van der Waals surface area contributed by atoms with Gasteiger partial charge in [0.15, 0.2) is 0 Å². The number of rotatable bonds is 7. The molecular weight excluding hydrogens is 234 g/mol. The Morgan fingerprint density at radius 2 is 1.95 bits per heavy atom. The Balaban J connectivity index is 2.55. The van der Waals surface area contributed by atoms with E-state index in [1.165, 1.54) is 11.3 Å². The maximum atomic E-state index is 9.13. The van der Waals surface area contributed by atoms with Crippen LogP contribution >= 0.6 is 0 Å². The highest BCUT2D eigenvalue weighted by Gasteiger charge is 2.20. The lowest BCUT2D eigenvalue weighted by molar-refractivity contribution is 0.440. The highest BCUT2D eigenvalue weighted by Crippen LogP contribution is 2.17. The quantitative estimate of drug-likeness (QED) is 0.818. The summed E-state index contributed by atoms with van der Waals surface area (Å²) >= 11 is 0. The van der Waals surface area contributed by atoms with E-state index < -0.39 is 5.54 Å². The van der Waals surface area contributed by atoms with E-state index in [9.17, 15) is 0 Å². The van der Waals surface area contributed by atoms with Crippen molar-refractivity contribution in [3.8, 4) is 6.07 Å². The summed E-state index contributed by atoms with van der Waals surface area (Å²) in [6.07, 6.45) is 1.87. The van der Waals surface area contributed by atoms with E-state index >= 15 is 0 Å². The van der Waals surface area contributed by atoms with Crippen molar-refractivity contribution in [2.45, 2.75) is 39.2 Å². The van der Waals surface area contributed by atoms with E-state index in [0.29, 0.717) is 0 Å². The molecule has 0 aliphatic carbocycles. The summed E-state index contributed by atoms with van der Waals surface area (Å²) < 4.78 is 0. The Hall–Kier alpha value is -1.53. The van der Waals surface area contributed by atoms with Gasteiger partial charge in [-0.2, -0.15) is 5.26 Å². The first-order chi connectivity index (χ1) is 9.04. The zero-order chi connectivity index (χ0) is 14.3. The summed E-state index contributed by atoms with van der Waals surface area (Å²) in [5.74, 6) is 0. The molecule has 1 aromatic rings. The molecular formula is C16H25N3.